The van der Waals surface area contributed by atoms with Gasteiger partial charge >= 0.3 is 5.97 Å². The lowest BCUT2D eigenvalue weighted by molar-refractivity contribution is -0.385. The molecule has 0 radical (unpaired) electrons. The quantitative estimate of drug-likeness (QED) is 0.265. The number of primary amides is 1. The van der Waals surface area contributed by atoms with E-state index in [4.69, 9.17) is 19.9 Å². The Bertz CT molecular complexity index is 1260. The molecule has 0 aliphatic heterocycles. The zero-order chi connectivity index (χ0) is 24.8. The summed E-state index contributed by atoms with van der Waals surface area (Å²) in [6.45, 7) is -0.471. The monoisotopic (exact) mass is 485 g/mol. The molecule has 0 spiro atoms. The van der Waals surface area contributed by atoms with E-state index in [2.05, 4.69) is 5.32 Å². The van der Waals surface area contributed by atoms with Crippen LogP contribution in [0.3, 0.4) is 0 Å². The molecule has 34 heavy (non-hydrogen) atoms. The Hall–Kier alpha value is -4.45. The molecule has 0 saturated heterocycles. The minimum Gasteiger partial charge on any atom is -0.493 e. The van der Waals surface area contributed by atoms with Crippen molar-refractivity contribution in [1.82, 2.24) is 0 Å². The predicted molar refractivity (Wildman–Crippen MR) is 123 cm³/mol. The number of methoxy groups -OCH3 is 2. The number of ether oxygens (including phenoxy) is 3. The third-order valence-electron chi connectivity index (χ3n) is 4.66. The fourth-order valence-electron chi connectivity index (χ4n) is 2.97. The molecular weight excluding hydrogens is 466 g/mol. The van der Waals surface area contributed by atoms with Crippen molar-refractivity contribution in [1.29, 1.82) is 0 Å². The Kier molecular flexibility index (Phi) is 7.43. The maximum atomic E-state index is 12.9. The van der Waals surface area contributed by atoms with Gasteiger partial charge in [-0.2, -0.15) is 0 Å². The minimum absolute atomic E-state index is 0.0491. The molecule has 0 aliphatic carbocycles. The van der Waals surface area contributed by atoms with E-state index >= 15 is 0 Å². The first-order valence-corrected chi connectivity index (χ1v) is 10.5. The molecule has 0 aliphatic rings. The minimum atomic E-state index is -0.879. The second-order valence-electron chi connectivity index (χ2n) is 6.73. The molecule has 12 heteroatoms. The lowest BCUT2D eigenvalue weighted by Crippen LogP contribution is -2.16. The standard InChI is InChI=1S/C22H19N3O8S/c1-31-17-9-14(15(10-18(17)32-2)24-21(27)19-4-3-7-34-19)22(28)33-11-13-6-5-12(20(23)26)8-16(13)25(29)30/h3-10H,11H2,1-2H3,(H2,23,26)(H,24,27). The van der Waals surface area contributed by atoms with E-state index in [1.54, 1.807) is 17.5 Å². The van der Waals surface area contributed by atoms with Gasteiger partial charge in [-0.05, 0) is 23.6 Å². The highest BCUT2D eigenvalue weighted by atomic mass is 32.1. The number of thiophene rings is 1. The molecule has 0 saturated carbocycles. The molecule has 3 aromatic rings. The number of hydrogen-bond donors (Lipinski definition) is 2. The number of carbonyl (C=O) groups excluding carboxylic acids is 3. The van der Waals surface area contributed by atoms with Gasteiger partial charge in [-0.25, -0.2) is 4.79 Å². The SMILES string of the molecule is COc1cc(NC(=O)c2cccs2)c(C(=O)OCc2ccc(C(N)=O)cc2[N+](=O)[O-])cc1OC. The zero-order valence-electron chi connectivity index (χ0n) is 18.0. The number of nitro benzene ring substituents is 1. The summed E-state index contributed by atoms with van der Waals surface area (Å²) in [7, 11) is 2.77. The smallest absolute Gasteiger partial charge is 0.340 e. The van der Waals surface area contributed by atoms with Crippen molar-refractivity contribution in [2.24, 2.45) is 5.73 Å². The number of nitrogens with two attached hydrogens (primary N) is 1. The van der Waals surface area contributed by atoms with Crippen LogP contribution in [0.5, 0.6) is 11.5 Å². The van der Waals surface area contributed by atoms with Crippen LogP contribution in [0.2, 0.25) is 0 Å². The van der Waals surface area contributed by atoms with Gasteiger partial charge in [0.25, 0.3) is 11.6 Å². The number of amides is 2. The van der Waals surface area contributed by atoms with E-state index in [1.807, 2.05) is 0 Å². The molecule has 1 heterocycles. The Morgan fingerprint density at radius 3 is 2.38 bits per heavy atom. The van der Waals surface area contributed by atoms with Crippen LogP contribution in [0.1, 0.15) is 36.0 Å². The van der Waals surface area contributed by atoms with E-state index in [0.29, 0.717) is 4.88 Å². The van der Waals surface area contributed by atoms with Crippen LogP contribution in [0.15, 0.2) is 47.8 Å². The average Bonchev–Trinajstić information content (AvgIpc) is 3.37. The van der Waals surface area contributed by atoms with E-state index in [9.17, 15) is 24.5 Å². The molecule has 1 aromatic heterocycles. The highest BCUT2D eigenvalue weighted by molar-refractivity contribution is 7.12. The van der Waals surface area contributed by atoms with Crippen LogP contribution in [0.25, 0.3) is 0 Å². The maximum Gasteiger partial charge on any atom is 0.340 e. The Labute approximate surface area is 197 Å². The molecule has 176 valence electrons. The predicted octanol–water partition coefficient (Wildman–Crippen LogP) is 3.38. The second-order valence-corrected chi connectivity index (χ2v) is 7.67. The van der Waals surface area contributed by atoms with Crippen LogP contribution < -0.4 is 20.5 Å². The van der Waals surface area contributed by atoms with Gasteiger partial charge in [-0.15, -0.1) is 11.3 Å². The molecule has 0 unspecified atom stereocenters. The van der Waals surface area contributed by atoms with Crippen molar-refractivity contribution < 1.29 is 33.5 Å². The number of nitrogens with one attached hydrogen (secondary N) is 1. The number of hydrogen-bond acceptors (Lipinski definition) is 9. The van der Waals surface area contributed by atoms with E-state index < -0.39 is 35.0 Å². The first kappa shape index (κ1) is 24.2. The fraction of sp³-hybridized carbons (Fsp3) is 0.136. The molecule has 2 aromatic carbocycles. The maximum absolute atomic E-state index is 12.9. The number of esters is 1. The first-order valence-electron chi connectivity index (χ1n) is 9.60. The van der Waals surface area contributed by atoms with Crippen molar-refractivity contribution in [2.75, 3.05) is 19.5 Å². The van der Waals surface area contributed by atoms with Gasteiger partial charge in [-0.1, -0.05) is 6.07 Å². The Balaban J connectivity index is 1.91. The van der Waals surface area contributed by atoms with Gasteiger partial charge in [0.2, 0.25) is 5.91 Å². The molecular formula is C22H19N3O8S. The molecule has 0 atom stereocenters. The van der Waals surface area contributed by atoms with Crippen molar-refractivity contribution in [3.05, 3.63) is 79.5 Å². The van der Waals surface area contributed by atoms with Crippen LogP contribution in [0.4, 0.5) is 11.4 Å². The van der Waals surface area contributed by atoms with Crippen LogP contribution in [0, 0.1) is 10.1 Å². The number of nitrogens with zero attached hydrogens (tertiary/aromatic N) is 1. The van der Waals surface area contributed by atoms with E-state index in [0.717, 1.165) is 6.07 Å². The van der Waals surface area contributed by atoms with E-state index in [-0.39, 0.29) is 33.9 Å². The summed E-state index contributed by atoms with van der Waals surface area (Å²) in [5.41, 5.74) is 4.78. The van der Waals surface area contributed by atoms with Crippen LogP contribution in [-0.2, 0) is 11.3 Å². The molecule has 3 rings (SSSR count). The van der Waals surface area contributed by atoms with Gasteiger partial charge in [0.15, 0.2) is 11.5 Å². The molecule has 3 N–H and O–H groups in total. The molecule has 0 bridgehead atoms. The lowest BCUT2D eigenvalue weighted by atomic mass is 10.1. The zero-order valence-corrected chi connectivity index (χ0v) is 18.8. The average molecular weight is 485 g/mol. The van der Waals surface area contributed by atoms with Crippen molar-refractivity contribution in [3.8, 4) is 11.5 Å². The summed E-state index contributed by atoms with van der Waals surface area (Å²) < 4.78 is 15.8. The molecule has 2 amide bonds. The van der Waals surface area contributed by atoms with Crippen LogP contribution >= 0.6 is 11.3 Å². The molecule has 0 fully saturated rings. The largest absolute Gasteiger partial charge is 0.493 e. The summed E-state index contributed by atoms with van der Waals surface area (Å²) in [5, 5.41) is 15.8. The van der Waals surface area contributed by atoms with Crippen LogP contribution in [-0.4, -0.2) is 36.9 Å². The van der Waals surface area contributed by atoms with Gasteiger partial charge in [-0.3, -0.25) is 19.7 Å². The van der Waals surface area contributed by atoms with Crippen molar-refractivity contribution in [3.63, 3.8) is 0 Å². The van der Waals surface area contributed by atoms with Gasteiger partial charge in [0.05, 0.1) is 40.8 Å². The third kappa shape index (κ3) is 5.30. The van der Waals surface area contributed by atoms with E-state index in [1.165, 1.54) is 49.8 Å². The topological polar surface area (TPSA) is 160 Å². The summed E-state index contributed by atoms with van der Waals surface area (Å²) in [4.78, 5) is 47.9. The Morgan fingerprint density at radius 2 is 1.79 bits per heavy atom. The fourth-order valence-corrected chi connectivity index (χ4v) is 3.59. The Morgan fingerprint density at radius 1 is 1.09 bits per heavy atom. The van der Waals surface area contributed by atoms with Gasteiger partial charge in [0.1, 0.15) is 6.61 Å². The van der Waals surface area contributed by atoms with Crippen molar-refractivity contribution in [2.45, 2.75) is 6.61 Å². The first-order chi connectivity index (χ1) is 16.2. The highest BCUT2D eigenvalue weighted by Gasteiger charge is 2.23. The number of anilines is 1. The highest BCUT2D eigenvalue weighted by Crippen LogP contribution is 2.34. The lowest BCUT2D eigenvalue weighted by Gasteiger charge is -2.15. The number of carbonyl (C=O) groups is 3. The number of nitro groups is 1. The third-order valence-corrected chi connectivity index (χ3v) is 5.53. The summed E-state index contributed by atoms with van der Waals surface area (Å²) >= 11 is 1.22. The van der Waals surface area contributed by atoms with Gasteiger partial charge in [0, 0.05) is 23.8 Å². The second kappa shape index (κ2) is 10.4. The number of rotatable bonds is 9. The summed E-state index contributed by atoms with van der Waals surface area (Å²) in [6.07, 6.45) is 0. The summed E-state index contributed by atoms with van der Waals surface area (Å²) in [5.74, 6) is -1.69. The van der Waals surface area contributed by atoms with Crippen molar-refractivity contribution >= 4 is 40.5 Å². The molecule has 11 nitrogen and oxygen atoms in total. The van der Waals surface area contributed by atoms with Gasteiger partial charge < -0.3 is 25.3 Å². The number of benzene rings is 2. The summed E-state index contributed by atoms with van der Waals surface area (Å²) in [6, 6.07) is 9.64. The normalized spacial score (nSPS) is 10.3.